The lowest BCUT2D eigenvalue weighted by Gasteiger charge is -2.17. The average Bonchev–Trinajstić information content (AvgIpc) is 2.47. The lowest BCUT2D eigenvalue weighted by atomic mass is 10.2. The number of rotatable bonds is 4. The number of nitrogens with zero attached hydrogens (tertiary/aromatic N) is 3. The van der Waals surface area contributed by atoms with Crippen LogP contribution in [0.2, 0.25) is 0 Å². The molecule has 0 radical (unpaired) electrons. The molecule has 0 aliphatic rings. The van der Waals surface area contributed by atoms with E-state index in [4.69, 9.17) is 0 Å². The van der Waals surface area contributed by atoms with Gasteiger partial charge >= 0.3 is 0 Å². The fourth-order valence-electron chi connectivity index (χ4n) is 1.73. The normalized spacial score (nSPS) is 10.0. The van der Waals surface area contributed by atoms with E-state index in [-0.39, 0.29) is 5.91 Å². The Hall–Kier alpha value is -2.43. The topological polar surface area (TPSA) is 58.1 Å². The van der Waals surface area contributed by atoms with Crippen LogP contribution in [0.5, 0.6) is 0 Å². The van der Waals surface area contributed by atoms with Gasteiger partial charge in [0, 0.05) is 44.9 Å². The Kier molecular flexibility index (Phi) is 4.07. The van der Waals surface area contributed by atoms with E-state index in [1.165, 1.54) is 0 Å². The van der Waals surface area contributed by atoms with Crippen molar-refractivity contribution in [2.45, 2.75) is 6.54 Å². The summed E-state index contributed by atoms with van der Waals surface area (Å²) < 4.78 is 0. The Morgan fingerprint density at radius 2 is 2.00 bits per heavy atom. The first-order chi connectivity index (χ1) is 9.20. The Balaban J connectivity index is 2.10. The van der Waals surface area contributed by atoms with Crippen LogP contribution in [0, 0.1) is 0 Å². The maximum atomic E-state index is 12.2. The molecule has 0 saturated carbocycles. The summed E-state index contributed by atoms with van der Waals surface area (Å²) in [5.41, 5.74) is 2.34. The molecule has 2 heterocycles. The number of aromatic nitrogens is 2. The van der Waals surface area contributed by atoms with Gasteiger partial charge in [0.2, 0.25) is 0 Å². The van der Waals surface area contributed by atoms with Gasteiger partial charge in [-0.25, -0.2) is 0 Å². The molecule has 5 heteroatoms. The summed E-state index contributed by atoms with van der Waals surface area (Å²) in [4.78, 5) is 21.9. The summed E-state index contributed by atoms with van der Waals surface area (Å²) in [5, 5.41) is 2.99. The highest BCUT2D eigenvalue weighted by atomic mass is 16.2. The van der Waals surface area contributed by atoms with Crippen LogP contribution in [-0.2, 0) is 6.54 Å². The molecule has 0 aliphatic carbocycles. The van der Waals surface area contributed by atoms with Crippen LogP contribution >= 0.6 is 0 Å². The van der Waals surface area contributed by atoms with E-state index in [1.54, 1.807) is 36.6 Å². The van der Waals surface area contributed by atoms with Crippen LogP contribution in [-0.4, -0.2) is 34.9 Å². The molecule has 0 saturated heterocycles. The van der Waals surface area contributed by atoms with Crippen molar-refractivity contribution >= 4 is 11.6 Å². The summed E-state index contributed by atoms with van der Waals surface area (Å²) in [5.74, 6) is -0.103. The monoisotopic (exact) mass is 256 g/mol. The fraction of sp³-hybridized carbons (Fsp3) is 0.214. The third-order valence-corrected chi connectivity index (χ3v) is 2.78. The molecule has 2 rings (SSSR count). The Morgan fingerprint density at radius 1 is 1.26 bits per heavy atom. The Labute approximate surface area is 112 Å². The highest BCUT2D eigenvalue weighted by Gasteiger charge is 2.13. The first kappa shape index (κ1) is 13.0. The summed E-state index contributed by atoms with van der Waals surface area (Å²) in [7, 11) is 3.57. The number of carbonyl (C=O) groups is 1. The summed E-state index contributed by atoms with van der Waals surface area (Å²) in [6.45, 7) is 0.535. The number of hydrogen-bond donors (Lipinski definition) is 1. The molecule has 0 spiro atoms. The molecule has 0 fully saturated rings. The number of anilines is 1. The van der Waals surface area contributed by atoms with Gasteiger partial charge in [0.1, 0.15) is 5.69 Å². The molecule has 1 amide bonds. The summed E-state index contributed by atoms with van der Waals surface area (Å²) >= 11 is 0. The average molecular weight is 256 g/mol. The van der Waals surface area contributed by atoms with E-state index in [2.05, 4.69) is 15.3 Å². The van der Waals surface area contributed by atoms with Crippen LogP contribution in [0.3, 0.4) is 0 Å². The van der Waals surface area contributed by atoms with E-state index in [1.807, 2.05) is 25.2 Å². The quantitative estimate of drug-likeness (QED) is 0.906. The van der Waals surface area contributed by atoms with E-state index in [0.29, 0.717) is 12.2 Å². The minimum absolute atomic E-state index is 0.103. The van der Waals surface area contributed by atoms with E-state index in [9.17, 15) is 4.79 Å². The molecule has 5 nitrogen and oxygen atoms in total. The van der Waals surface area contributed by atoms with Crippen LogP contribution in [0.1, 0.15) is 16.1 Å². The van der Waals surface area contributed by atoms with Crippen molar-refractivity contribution in [2.75, 3.05) is 19.4 Å². The van der Waals surface area contributed by atoms with Crippen molar-refractivity contribution < 1.29 is 4.79 Å². The van der Waals surface area contributed by atoms with Gasteiger partial charge in [-0.3, -0.25) is 14.8 Å². The Bertz CT molecular complexity index is 556. The smallest absolute Gasteiger partial charge is 0.272 e. The fourth-order valence-corrected chi connectivity index (χ4v) is 1.73. The molecule has 19 heavy (non-hydrogen) atoms. The van der Waals surface area contributed by atoms with Gasteiger partial charge in [-0.05, 0) is 29.8 Å². The van der Waals surface area contributed by atoms with Gasteiger partial charge in [-0.2, -0.15) is 0 Å². The van der Waals surface area contributed by atoms with Crippen molar-refractivity contribution in [3.63, 3.8) is 0 Å². The van der Waals surface area contributed by atoms with Gasteiger partial charge < -0.3 is 10.2 Å². The molecule has 1 N–H and O–H groups in total. The predicted molar refractivity (Wildman–Crippen MR) is 73.8 cm³/mol. The number of nitrogens with one attached hydrogen (secondary N) is 1. The van der Waals surface area contributed by atoms with Gasteiger partial charge in [-0.15, -0.1) is 0 Å². The lowest BCUT2D eigenvalue weighted by molar-refractivity contribution is 0.0779. The van der Waals surface area contributed by atoms with Gasteiger partial charge in [0.15, 0.2) is 0 Å². The van der Waals surface area contributed by atoms with E-state index in [0.717, 1.165) is 11.3 Å². The molecule has 2 aromatic heterocycles. The van der Waals surface area contributed by atoms with Gasteiger partial charge in [0.05, 0.1) is 0 Å². The first-order valence-electron chi connectivity index (χ1n) is 5.99. The summed E-state index contributed by atoms with van der Waals surface area (Å²) in [6, 6.07) is 7.34. The van der Waals surface area contributed by atoms with E-state index < -0.39 is 0 Å². The minimum Gasteiger partial charge on any atom is -0.388 e. The number of carbonyl (C=O) groups excluding carboxylic acids is 1. The molecular weight excluding hydrogens is 240 g/mol. The highest BCUT2D eigenvalue weighted by Crippen LogP contribution is 2.10. The third kappa shape index (κ3) is 3.28. The molecular formula is C14H16N4O. The molecule has 0 bridgehead atoms. The molecule has 98 valence electrons. The second-order valence-corrected chi connectivity index (χ2v) is 4.20. The summed E-state index contributed by atoms with van der Waals surface area (Å²) in [6.07, 6.45) is 5.06. The second-order valence-electron chi connectivity index (χ2n) is 4.20. The van der Waals surface area contributed by atoms with Gasteiger partial charge in [-0.1, -0.05) is 0 Å². The highest BCUT2D eigenvalue weighted by molar-refractivity contribution is 5.92. The molecule has 0 atom stereocenters. The first-order valence-corrected chi connectivity index (χ1v) is 5.99. The zero-order chi connectivity index (χ0) is 13.7. The van der Waals surface area contributed by atoms with Crippen molar-refractivity contribution in [3.05, 3.63) is 54.1 Å². The second kappa shape index (κ2) is 5.95. The minimum atomic E-state index is -0.103. The largest absolute Gasteiger partial charge is 0.388 e. The zero-order valence-electron chi connectivity index (χ0n) is 11.0. The Morgan fingerprint density at radius 3 is 2.68 bits per heavy atom. The van der Waals surface area contributed by atoms with Gasteiger partial charge in [0.25, 0.3) is 5.91 Å². The van der Waals surface area contributed by atoms with Crippen LogP contribution in [0.15, 0.2) is 42.9 Å². The lowest BCUT2D eigenvalue weighted by Crippen LogP contribution is -2.27. The SMILES string of the molecule is CNc1ccnc(C(=O)N(C)Cc2ccncc2)c1. The maximum absolute atomic E-state index is 12.2. The van der Waals surface area contributed by atoms with Crippen LogP contribution in [0.4, 0.5) is 5.69 Å². The number of pyridine rings is 2. The number of hydrogen-bond acceptors (Lipinski definition) is 4. The van der Waals surface area contributed by atoms with Crippen molar-refractivity contribution in [1.29, 1.82) is 0 Å². The molecule has 2 aromatic rings. The molecule has 0 aromatic carbocycles. The van der Waals surface area contributed by atoms with Crippen LogP contribution in [0.25, 0.3) is 0 Å². The third-order valence-electron chi connectivity index (χ3n) is 2.78. The standard InChI is InChI=1S/C14H16N4O/c1-15-12-5-8-17-13(9-12)14(19)18(2)10-11-3-6-16-7-4-11/h3-9H,10H2,1-2H3,(H,15,17). The van der Waals surface area contributed by atoms with Crippen molar-refractivity contribution in [2.24, 2.45) is 0 Å². The molecule has 0 unspecified atom stereocenters. The zero-order valence-corrected chi connectivity index (χ0v) is 11.0. The van der Waals surface area contributed by atoms with Crippen LogP contribution < -0.4 is 5.32 Å². The molecule has 0 aliphatic heterocycles. The predicted octanol–water partition coefficient (Wildman–Crippen LogP) is 1.79. The van der Waals surface area contributed by atoms with Crippen molar-refractivity contribution in [1.82, 2.24) is 14.9 Å². The van der Waals surface area contributed by atoms with E-state index >= 15 is 0 Å². The maximum Gasteiger partial charge on any atom is 0.272 e. The number of amides is 1. The van der Waals surface area contributed by atoms with Crippen molar-refractivity contribution in [3.8, 4) is 0 Å².